The number of guanidine groups is 1. The Balaban J connectivity index is 1.64. The molecule has 1 fully saturated rings. The molecule has 1 aromatic carbocycles. The molecule has 19 heavy (non-hydrogen) atoms. The van der Waals surface area contributed by atoms with Gasteiger partial charge in [0.2, 0.25) is 0 Å². The minimum Gasteiger partial charge on any atom is -0.370 e. The van der Waals surface area contributed by atoms with E-state index in [1.165, 1.54) is 18.4 Å². The second-order valence-electron chi connectivity index (χ2n) is 4.90. The Hall–Kier alpha value is -1.68. The van der Waals surface area contributed by atoms with E-state index in [0.717, 1.165) is 17.0 Å². The van der Waals surface area contributed by atoms with Crippen LogP contribution in [0.1, 0.15) is 12.8 Å². The van der Waals surface area contributed by atoms with Crippen LogP contribution in [0.4, 0.5) is 0 Å². The van der Waals surface area contributed by atoms with Crippen LogP contribution < -0.4 is 11.1 Å². The molecule has 0 bridgehead atoms. The molecule has 100 valence electrons. The number of hydrogen-bond donors (Lipinski definition) is 2. The summed E-state index contributed by atoms with van der Waals surface area (Å²) in [5.74, 6) is 0.557. The van der Waals surface area contributed by atoms with Gasteiger partial charge in [-0.15, -0.1) is 0 Å². The zero-order chi connectivity index (χ0) is 13.2. The maximum absolute atomic E-state index is 5.97. The van der Waals surface area contributed by atoms with Crippen molar-refractivity contribution in [1.29, 1.82) is 0 Å². The Labute approximate surface area is 117 Å². The van der Waals surface area contributed by atoms with Crippen LogP contribution in [0.2, 0.25) is 5.02 Å². The highest BCUT2D eigenvalue weighted by molar-refractivity contribution is 6.31. The fourth-order valence-corrected chi connectivity index (χ4v) is 2.31. The maximum Gasteiger partial charge on any atom is 0.188 e. The van der Waals surface area contributed by atoms with Gasteiger partial charge in [-0.1, -0.05) is 11.6 Å². The van der Waals surface area contributed by atoms with Crippen LogP contribution in [0.3, 0.4) is 0 Å². The smallest absolute Gasteiger partial charge is 0.188 e. The molecule has 0 saturated heterocycles. The Bertz CT molecular complexity index is 613. The third-order valence-electron chi connectivity index (χ3n) is 3.29. The van der Waals surface area contributed by atoms with Gasteiger partial charge in [0.25, 0.3) is 0 Å². The summed E-state index contributed by atoms with van der Waals surface area (Å²) >= 11 is 5.97. The molecule has 4 nitrogen and oxygen atoms in total. The average Bonchev–Trinajstić information content (AvgIpc) is 3.10. The molecule has 1 aromatic heterocycles. The minimum atomic E-state index is 0.554. The number of fused-ring (bicyclic) bond motifs is 1. The summed E-state index contributed by atoms with van der Waals surface area (Å²) in [4.78, 5) is 4.34. The first-order valence-corrected chi connectivity index (χ1v) is 6.91. The molecule has 5 heteroatoms. The molecule has 1 saturated carbocycles. The Morgan fingerprint density at radius 3 is 3.05 bits per heavy atom. The van der Waals surface area contributed by atoms with E-state index < -0.39 is 0 Å². The van der Waals surface area contributed by atoms with Crippen LogP contribution >= 0.6 is 11.6 Å². The number of hydrogen-bond acceptors (Lipinski definition) is 1. The van der Waals surface area contributed by atoms with Crippen LogP contribution in [-0.2, 0) is 6.54 Å². The van der Waals surface area contributed by atoms with E-state index in [-0.39, 0.29) is 0 Å². The molecule has 2 aromatic rings. The summed E-state index contributed by atoms with van der Waals surface area (Å²) in [7, 11) is 0. The number of nitrogens with one attached hydrogen (secondary N) is 1. The lowest BCUT2D eigenvalue weighted by Gasteiger charge is -2.05. The molecule has 0 aliphatic heterocycles. The zero-order valence-corrected chi connectivity index (χ0v) is 11.4. The van der Waals surface area contributed by atoms with Gasteiger partial charge in [-0.3, -0.25) is 4.99 Å². The summed E-state index contributed by atoms with van der Waals surface area (Å²) < 4.78 is 2.17. The van der Waals surface area contributed by atoms with E-state index in [4.69, 9.17) is 17.3 Å². The molecular weight excluding hydrogens is 260 g/mol. The van der Waals surface area contributed by atoms with Crippen molar-refractivity contribution in [1.82, 2.24) is 9.88 Å². The zero-order valence-electron chi connectivity index (χ0n) is 10.6. The fraction of sp³-hybridized carbons (Fsp3) is 0.357. The van der Waals surface area contributed by atoms with E-state index in [9.17, 15) is 0 Å². The summed E-state index contributed by atoms with van der Waals surface area (Å²) in [5.41, 5.74) is 6.97. The van der Waals surface area contributed by atoms with E-state index in [1.807, 2.05) is 18.2 Å². The third kappa shape index (κ3) is 3.01. The van der Waals surface area contributed by atoms with E-state index in [1.54, 1.807) is 0 Å². The van der Waals surface area contributed by atoms with Crippen molar-refractivity contribution in [2.45, 2.75) is 25.4 Å². The van der Waals surface area contributed by atoms with Gasteiger partial charge < -0.3 is 15.6 Å². The first kappa shape index (κ1) is 12.4. The van der Waals surface area contributed by atoms with Crippen LogP contribution in [0.5, 0.6) is 0 Å². The molecule has 0 spiro atoms. The van der Waals surface area contributed by atoms with Crippen molar-refractivity contribution in [2.24, 2.45) is 10.7 Å². The lowest BCUT2D eigenvalue weighted by molar-refractivity contribution is 0.730. The second kappa shape index (κ2) is 5.13. The number of halogens is 1. The average molecular weight is 277 g/mol. The monoisotopic (exact) mass is 276 g/mol. The van der Waals surface area contributed by atoms with Gasteiger partial charge in [-0.05, 0) is 37.1 Å². The number of nitrogens with two attached hydrogens (primary N) is 1. The Morgan fingerprint density at radius 1 is 1.42 bits per heavy atom. The van der Waals surface area contributed by atoms with Crippen molar-refractivity contribution in [2.75, 3.05) is 6.54 Å². The van der Waals surface area contributed by atoms with Crippen molar-refractivity contribution < 1.29 is 0 Å². The van der Waals surface area contributed by atoms with Gasteiger partial charge in [0.1, 0.15) is 0 Å². The summed E-state index contributed by atoms with van der Waals surface area (Å²) in [6.45, 7) is 1.50. The van der Waals surface area contributed by atoms with Gasteiger partial charge in [-0.2, -0.15) is 0 Å². The molecule has 1 aliphatic carbocycles. The first-order chi connectivity index (χ1) is 9.22. The topological polar surface area (TPSA) is 55.3 Å². The van der Waals surface area contributed by atoms with E-state index in [0.29, 0.717) is 18.5 Å². The Morgan fingerprint density at radius 2 is 2.26 bits per heavy atom. The molecule has 0 radical (unpaired) electrons. The predicted octanol–water partition coefficient (Wildman–Crippen LogP) is 2.36. The highest BCUT2D eigenvalue weighted by Gasteiger charge is 2.21. The largest absolute Gasteiger partial charge is 0.370 e. The minimum absolute atomic E-state index is 0.554. The molecule has 0 amide bonds. The van der Waals surface area contributed by atoms with Crippen LogP contribution in [0.15, 0.2) is 35.5 Å². The summed E-state index contributed by atoms with van der Waals surface area (Å²) in [5, 5.41) is 5.10. The summed E-state index contributed by atoms with van der Waals surface area (Å²) in [6, 6.07) is 8.54. The van der Waals surface area contributed by atoms with E-state index in [2.05, 4.69) is 27.1 Å². The summed E-state index contributed by atoms with van der Waals surface area (Å²) in [6.07, 6.45) is 4.47. The van der Waals surface area contributed by atoms with Crippen LogP contribution in [0.25, 0.3) is 10.9 Å². The number of aliphatic imine (C=N–C) groups is 1. The van der Waals surface area contributed by atoms with Crippen molar-refractivity contribution in [3.05, 3.63) is 35.5 Å². The molecular formula is C14H17ClN4. The quantitative estimate of drug-likeness (QED) is 0.665. The standard InChI is InChI=1S/C14H17ClN4/c15-11-1-4-13-10(9-11)5-7-19(13)8-6-17-14(16)18-12-2-3-12/h1,4-5,7,9,12H,2-3,6,8H2,(H3,16,17,18). The Kier molecular flexibility index (Phi) is 3.34. The highest BCUT2D eigenvalue weighted by Crippen LogP contribution is 2.20. The third-order valence-corrected chi connectivity index (χ3v) is 3.52. The number of rotatable bonds is 4. The number of aromatic nitrogens is 1. The van der Waals surface area contributed by atoms with E-state index >= 15 is 0 Å². The van der Waals surface area contributed by atoms with Gasteiger partial charge in [0, 0.05) is 34.7 Å². The molecule has 0 atom stereocenters. The van der Waals surface area contributed by atoms with Crippen molar-refractivity contribution >= 4 is 28.5 Å². The SMILES string of the molecule is NC(=NCCn1ccc2cc(Cl)ccc21)NC1CC1. The maximum atomic E-state index is 5.97. The van der Waals surface area contributed by atoms with Crippen molar-refractivity contribution in [3.63, 3.8) is 0 Å². The lowest BCUT2D eigenvalue weighted by atomic mass is 10.2. The van der Waals surface area contributed by atoms with Gasteiger partial charge in [-0.25, -0.2) is 0 Å². The normalized spacial score (nSPS) is 15.9. The van der Waals surface area contributed by atoms with Crippen LogP contribution in [0, 0.1) is 0 Å². The molecule has 1 heterocycles. The molecule has 1 aliphatic rings. The lowest BCUT2D eigenvalue weighted by Crippen LogP contribution is -2.33. The molecule has 3 rings (SSSR count). The van der Waals surface area contributed by atoms with Crippen molar-refractivity contribution in [3.8, 4) is 0 Å². The van der Waals surface area contributed by atoms with Gasteiger partial charge in [0.15, 0.2) is 5.96 Å². The first-order valence-electron chi connectivity index (χ1n) is 6.53. The predicted molar refractivity (Wildman–Crippen MR) is 79.6 cm³/mol. The number of nitrogens with zero attached hydrogens (tertiary/aromatic N) is 2. The second-order valence-corrected chi connectivity index (χ2v) is 5.33. The van der Waals surface area contributed by atoms with Gasteiger partial charge >= 0.3 is 0 Å². The van der Waals surface area contributed by atoms with Gasteiger partial charge in [0.05, 0.1) is 6.54 Å². The molecule has 3 N–H and O–H groups in total. The van der Waals surface area contributed by atoms with Crippen LogP contribution in [-0.4, -0.2) is 23.1 Å². The molecule has 0 unspecified atom stereocenters. The fourth-order valence-electron chi connectivity index (χ4n) is 2.13. The highest BCUT2D eigenvalue weighted by atomic mass is 35.5. The number of benzene rings is 1.